The van der Waals surface area contributed by atoms with Crippen LogP contribution in [0.4, 0.5) is 0 Å². The van der Waals surface area contributed by atoms with Crippen LogP contribution in [0.15, 0.2) is 4.99 Å². The van der Waals surface area contributed by atoms with Crippen LogP contribution in [-0.4, -0.2) is 87.9 Å². The highest BCUT2D eigenvalue weighted by atomic mass is 16.5. The Bertz CT molecular complexity index is 364. The predicted octanol–water partition coefficient (Wildman–Crippen LogP) is -0.0321. The van der Waals surface area contributed by atoms with Gasteiger partial charge in [-0.2, -0.15) is 0 Å². The van der Waals surface area contributed by atoms with Crippen molar-refractivity contribution in [1.29, 1.82) is 0 Å². The van der Waals surface area contributed by atoms with Gasteiger partial charge >= 0.3 is 0 Å². The lowest BCUT2D eigenvalue weighted by atomic mass is 10.1. The number of hydrogen-bond donors (Lipinski definition) is 2. The molecule has 6 heteroatoms. The Morgan fingerprint density at radius 2 is 2.00 bits per heavy atom. The summed E-state index contributed by atoms with van der Waals surface area (Å²) in [5.41, 5.74) is 0. The van der Waals surface area contributed by atoms with Crippen LogP contribution in [0.3, 0.4) is 0 Å². The van der Waals surface area contributed by atoms with E-state index in [0.29, 0.717) is 6.04 Å². The molecule has 22 heavy (non-hydrogen) atoms. The summed E-state index contributed by atoms with van der Waals surface area (Å²) in [5, 5.41) is 6.86. The Kier molecular flexibility index (Phi) is 5.92. The molecule has 4 fully saturated rings. The van der Waals surface area contributed by atoms with Crippen molar-refractivity contribution in [3.8, 4) is 0 Å². The molecule has 1 unspecified atom stereocenters. The van der Waals surface area contributed by atoms with E-state index in [1.807, 2.05) is 7.05 Å². The minimum atomic E-state index is 0.628. The molecule has 0 aromatic carbocycles. The summed E-state index contributed by atoms with van der Waals surface area (Å²) in [5.74, 6) is 1.78. The Morgan fingerprint density at radius 1 is 1.18 bits per heavy atom. The number of guanidine groups is 1. The Labute approximate surface area is 134 Å². The van der Waals surface area contributed by atoms with E-state index in [4.69, 9.17) is 4.74 Å². The number of nitrogens with one attached hydrogen (secondary N) is 2. The molecular formula is C16H31N5O. The topological polar surface area (TPSA) is 52.1 Å². The van der Waals surface area contributed by atoms with Gasteiger partial charge in [-0.3, -0.25) is 14.8 Å². The van der Waals surface area contributed by atoms with Gasteiger partial charge in [0.05, 0.1) is 0 Å². The van der Waals surface area contributed by atoms with Crippen LogP contribution in [0.5, 0.6) is 0 Å². The first kappa shape index (κ1) is 16.0. The van der Waals surface area contributed by atoms with Crippen molar-refractivity contribution in [1.82, 2.24) is 20.4 Å². The standard InChI is InChI=1S/C16H31N5O/c1-17-16(18-5-2-10-22-13-14-3-4-14)19-11-15-12-20-6-8-21(15)9-7-20/h14-15H,2-13H2,1H3,(H2,17,18,19). The summed E-state index contributed by atoms with van der Waals surface area (Å²) < 4.78 is 5.65. The highest BCUT2D eigenvalue weighted by molar-refractivity contribution is 5.79. The summed E-state index contributed by atoms with van der Waals surface area (Å²) >= 11 is 0. The van der Waals surface area contributed by atoms with Crippen molar-refractivity contribution < 1.29 is 4.74 Å². The van der Waals surface area contributed by atoms with Gasteiger partial charge in [-0.05, 0) is 25.2 Å². The van der Waals surface area contributed by atoms with E-state index in [0.717, 1.165) is 44.6 Å². The zero-order valence-corrected chi connectivity index (χ0v) is 13.9. The minimum Gasteiger partial charge on any atom is -0.381 e. The second-order valence-corrected chi connectivity index (χ2v) is 6.74. The van der Waals surface area contributed by atoms with Crippen molar-refractivity contribution >= 4 is 5.96 Å². The van der Waals surface area contributed by atoms with Crippen LogP contribution < -0.4 is 10.6 Å². The molecule has 2 N–H and O–H groups in total. The molecule has 2 bridgehead atoms. The molecule has 0 aromatic heterocycles. The number of fused-ring (bicyclic) bond motifs is 3. The number of nitrogens with zero attached hydrogens (tertiary/aromatic N) is 3. The summed E-state index contributed by atoms with van der Waals surface area (Å²) in [6.07, 6.45) is 3.77. The van der Waals surface area contributed by atoms with Gasteiger partial charge in [0.25, 0.3) is 0 Å². The van der Waals surface area contributed by atoms with Gasteiger partial charge in [0.15, 0.2) is 5.96 Å². The molecule has 3 saturated heterocycles. The average molecular weight is 309 g/mol. The molecule has 3 heterocycles. The number of rotatable bonds is 8. The van der Waals surface area contributed by atoms with Crippen LogP contribution in [-0.2, 0) is 4.74 Å². The molecule has 126 valence electrons. The maximum Gasteiger partial charge on any atom is 0.191 e. The van der Waals surface area contributed by atoms with Gasteiger partial charge in [0, 0.05) is 72.1 Å². The molecule has 4 aliphatic rings. The van der Waals surface area contributed by atoms with E-state index in [1.165, 1.54) is 45.6 Å². The number of hydrogen-bond acceptors (Lipinski definition) is 4. The summed E-state index contributed by atoms with van der Waals surface area (Å²) in [4.78, 5) is 9.48. The number of ether oxygens (including phenoxy) is 1. The smallest absolute Gasteiger partial charge is 0.191 e. The van der Waals surface area contributed by atoms with Gasteiger partial charge < -0.3 is 15.4 Å². The first-order valence-corrected chi connectivity index (χ1v) is 8.84. The van der Waals surface area contributed by atoms with Gasteiger partial charge in [-0.25, -0.2) is 0 Å². The molecule has 0 spiro atoms. The molecule has 4 rings (SSSR count). The third-order valence-corrected chi connectivity index (χ3v) is 4.93. The second-order valence-electron chi connectivity index (χ2n) is 6.74. The second kappa shape index (κ2) is 8.13. The maximum absolute atomic E-state index is 5.65. The molecule has 3 aliphatic heterocycles. The highest BCUT2D eigenvalue weighted by Gasteiger charge is 2.31. The SMILES string of the molecule is CN=C(NCCCOCC1CC1)NCC1CN2CCN1CC2. The van der Waals surface area contributed by atoms with Gasteiger partial charge in [-0.1, -0.05) is 0 Å². The predicted molar refractivity (Wildman–Crippen MR) is 89.3 cm³/mol. The minimum absolute atomic E-state index is 0.628. The van der Waals surface area contributed by atoms with E-state index in [2.05, 4.69) is 25.4 Å². The molecule has 1 aliphatic carbocycles. The molecule has 0 radical (unpaired) electrons. The fourth-order valence-electron chi connectivity index (χ4n) is 3.27. The maximum atomic E-state index is 5.65. The van der Waals surface area contributed by atoms with Gasteiger partial charge in [0.2, 0.25) is 0 Å². The lowest BCUT2D eigenvalue weighted by Crippen LogP contribution is -2.63. The van der Waals surface area contributed by atoms with Crippen molar-refractivity contribution in [3.63, 3.8) is 0 Å². The third-order valence-electron chi connectivity index (χ3n) is 4.93. The highest BCUT2D eigenvalue weighted by Crippen LogP contribution is 2.28. The van der Waals surface area contributed by atoms with Crippen LogP contribution in [0.1, 0.15) is 19.3 Å². The first-order valence-electron chi connectivity index (χ1n) is 8.84. The molecule has 0 amide bonds. The molecule has 1 atom stereocenters. The number of piperazine rings is 3. The fraction of sp³-hybridized carbons (Fsp3) is 0.938. The normalized spacial score (nSPS) is 31.3. The van der Waals surface area contributed by atoms with Crippen molar-refractivity contribution in [2.75, 3.05) is 66.1 Å². The number of aliphatic imine (C=N–C) groups is 1. The Morgan fingerprint density at radius 3 is 2.64 bits per heavy atom. The van der Waals surface area contributed by atoms with E-state index in [9.17, 15) is 0 Å². The largest absolute Gasteiger partial charge is 0.381 e. The Balaban J connectivity index is 1.25. The zero-order valence-electron chi connectivity index (χ0n) is 13.9. The molecule has 1 saturated carbocycles. The summed E-state index contributed by atoms with van der Waals surface area (Å²) in [7, 11) is 1.84. The average Bonchev–Trinajstić information content (AvgIpc) is 3.39. The fourth-order valence-corrected chi connectivity index (χ4v) is 3.27. The van der Waals surface area contributed by atoms with Crippen LogP contribution >= 0.6 is 0 Å². The monoisotopic (exact) mass is 309 g/mol. The van der Waals surface area contributed by atoms with Crippen molar-refractivity contribution in [2.24, 2.45) is 10.9 Å². The third kappa shape index (κ3) is 4.83. The van der Waals surface area contributed by atoms with Crippen molar-refractivity contribution in [3.05, 3.63) is 0 Å². The van der Waals surface area contributed by atoms with Crippen LogP contribution in [0.25, 0.3) is 0 Å². The van der Waals surface area contributed by atoms with Crippen molar-refractivity contribution in [2.45, 2.75) is 25.3 Å². The Hall–Kier alpha value is -0.850. The van der Waals surface area contributed by atoms with E-state index in [1.54, 1.807) is 0 Å². The quantitative estimate of drug-likeness (QED) is 0.375. The van der Waals surface area contributed by atoms with Gasteiger partial charge in [0.1, 0.15) is 0 Å². The van der Waals surface area contributed by atoms with Gasteiger partial charge in [-0.15, -0.1) is 0 Å². The lowest BCUT2D eigenvalue weighted by Gasteiger charge is -2.47. The van der Waals surface area contributed by atoms with E-state index >= 15 is 0 Å². The van der Waals surface area contributed by atoms with E-state index < -0.39 is 0 Å². The molecule has 0 aromatic rings. The first-order chi connectivity index (χ1) is 10.8. The summed E-state index contributed by atoms with van der Waals surface area (Å²) in [6.45, 7) is 9.83. The van der Waals surface area contributed by atoms with E-state index in [-0.39, 0.29) is 0 Å². The zero-order chi connectivity index (χ0) is 15.2. The summed E-state index contributed by atoms with van der Waals surface area (Å²) in [6, 6.07) is 0.628. The van der Waals surface area contributed by atoms with Crippen LogP contribution in [0, 0.1) is 5.92 Å². The molecule has 6 nitrogen and oxygen atoms in total. The molecular weight excluding hydrogens is 278 g/mol. The lowest BCUT2D eigenvalue weighted by molar-refractivity contribution is 0.0154. The van der Waals surface area contributed by atoms with Crippen LogP contribution in [0.2, 0.25) is 0 Å².